The lowest BCUT2D eigenvalue weighted by atomic mass is 10.0. The third kappa shape index (κ3) is 2.39. The first-order valence-electron chi connectivity index (χ1n) is 6.58. The highest BCUT2D eigenvalue weighted by molar-refractivity contribution is 7.80. The fourth-order valence-corrected chi connectivity index (χ4v) is 2.76. The summed E-state index contributed by atoms with van der Waals surface area (Å²) in [6.07, 6.45) is 3.23. The van der Waals surface area contributed by atoms with Gasteiger partial charge < -0.3 is 11.1 Å². The lowest BCUT2D eigenvalue weighted by Crippen LogP contribution is -2.22. The van der Waals surface area contributed by atoms with E-state index in [-0.39, 0.29) is 5.11 Å². The molecule has 0 fully saturated rings. The van der Waals surface area contributed by atoms with E-state index >= 15 is 0 Å². The summed E-state index contributed by atoms with van der Waals surface area (Å²) >= 11 is 11.0. The predicted octanol–water partition coefficient (Wildman–Crippen LogP) is 3.04. The van der Waals surface area contributed by atoms with Crippen molar-refractivity contribution >= 4 is 34.7 Å². The third-order valence-corrected chi connectivity index (χ3v) is 3.88. The second kappa shape index (κ2) is 5.42. The molecule has 0 unspecified atom stereocenters. The molecule has 3 rings (SSSR count). The number of nitrogens with zero attached hydrogens (tertiary/aromatic N) is 2. The van der Waals surface area contributed by atoms with Crippen molar-refractivity contribution in [3.8, 4) is 11.3 Å². The Bertz CT molecular complexity index is 648. The van der Waals surface area contributed by atoms with Crippen LogP contribution in [0.5, 0.6) is 0 Å². The van der Waals surface area contributed by atoms with Crippen molar-refractivity contribution in [2.24, 2.45) is 5.73 Å². The number of nitrogens with one attached hydrogen (secondary N) is 1. The summed E-state index contributed by atoms with van der Waals surface area (Å²) < 4.78 is 1.62. The van der Waals surface area contributed by atoms with Gasteiger partial charge in [0.2, 0.25) is 0 Å². The van der Waals surface area contributed by atoms with Crippen molar-refractivity contribution in [1.82, 2.24) is 9.78 Å². The van der Waals surface area contributed by atoms with Gasteiger partial charge in [-0.2, -0.15) is 9.78 Å². The molecule has 1 aliphatic rings. The predicted molar refractivity (Wildman–Crippen MR) is 86.3 cm³/mol. The molecule has 1 aliphatic heterocycles. The highest BCUT2D eigenvalue weighted by Crippen LogP contribution is 2.32. The minimum Gasteiger partial charge on any atom is -0.374 e. The van der Waals surface area contributed by atoms with Crippen molar-refractivity contribution in [3.05, 3.63) is 34.9 Å². The summed E-state index contributed by atoms with van der Waals surface area (Å²) in [4.78, 5) is 0. The first-order chi connectivity index (χ1) is 9.66. The van der Waals surface area contributed by atoms with E-state index < -0.39 is 0 Å². The average Bonchev–Trinajstić information content (AvgIpc) is 2.63. The quantitative estimate of drug-likeness (QED) is 0.795. The average molecular weight is 307 g/mol. The number of thiocarbonyl (C=S) groups is 1. The lowest BCUT2D eigenvalue weighted by Gasteiger charge is -2.06. The Kier molecular flexibility index (Phi) is 3.63. The van der Waals surface area contributed by atoms with Crippen LogP contribution in [0.2, 0.25) is 5.02 Å². The maximum atomic E-state index is 5.95. The molecular formula is C14H15ClN4S. The van der Waals surface area contributed by atoms with Crippen molar-refractivity contribution in [2.75, 3.05) is 11.9 Å². The monoisotopic (exact) mass is 306 g/mol. The van der Waals surface area contributed by atoms with Gasteiger partial charge in [-0.3, -0.25) is 0 Å². The molecule has 1 aromatic carbocycles. The number of halogens is 1. The molecule has 104 valence electrons. The Labute approximate surface area is 127 Å². The largest absolute Gasteiger partial charge is 0.374 e. The number of benzene rings is 1. The maximum Gasteiger partial charge on any atom is 0.193 e. The van der Waals surface area contributed by atoms with E-state index in [1.807, 2.05) is 24.3 Å². The molecule has 20 heavy (non-hydrogen) atoms. The van der Waals surface area contributed by atoms with Crippen LogP contribution in [0.4, 0.5) is 5.82 Å². The van der Waals surface area contributed by atoms with Gasteiger partial charge in [-0.1, -0.05) is 23.7 Å². The molecule has 2 heterocycles. The second-order valence-electron chi connectivity index (χ2n) is 4.82. The Hall–Kier alpha value is -1.59. The highest BCUT2D eigenvalue weighted by atomic mass is 35.5. The molecule has 3 N–H and O–H groups in total. The second-order valence-corrected chi connectivity index (χ2v) is 5.67. The van der Waals surface area contributed by atoms with Crippen LogP contribution in [0.25, 0.3) is 11.3 Å². The topological polar surface area (TPSA) is 55.9 Å². The van der Waals surface area contributed by atoms with Crippen LogP contribution in [-0.4, -0.2) is 21.4 Å². The SMILES string of the molecule is NC(=S)n1nc(-c2ccc(Cl)cc2)c2c1NCCCC2. The zero-order valence-corrected chi connectivity index (χ0v) is 12.5. The summed E-state index contributed by atoms with van der Waals surface area (Å²) in [6.45, 7) is 0.918. The summed E-state index contributed by atoms with van der Waals surface area (Å²) in [7, 11) is 0. The Balaban J connectivity index is 2.15. The van der Waals surface area contributed by atoms with Crippen LogP contribution in [0.3, 0.4) is 0 Å². The van der Waals surface area contributed by atoms with Crippen LogP contribution in [0, 0.1) is 0 Å². The van der Waals surface area contributed by atoms with Crippen molar-refractivity contribution < 1.29 is 0 Å². The summed E-state index contributed by atoms with van der Waals surface area (Å²) in [5, 5.41) is 8.94. The van der Waals surface area contributed by atoms with Gasteiger partial charge in [0, 0.05) is 22.7 Å². The van der Waals surface area contributed by atoms with E-state index in [0.717, 1.165) is 42.9 Å². The van der Waals surface area contributed by atoms with Gasteiger partial charge in [0.1, 0.15) is 5.82 Å². The minimum absolute atomic E-state index is 0.260. The van der Waals surface area contributed by atoms with Gasteiger partial charge >= 0.3 is 0 Å². The molecule has 1 aromatic heterocycles. The standard InChI is InChI=1S/C14H15ClN4S/c15-10-6-4-9(5-7-10)12-11-3-1-2-8-17-13(11)19(18-12)14(16)20/h4-7,17H,1-3,8H2,(H2,16,20). The van der Waals surface area contributed by atoms with Gasteiger partial charge in [0.05, 0.1) is 5.69 Å². The third-order valence-electron chi connectivity index (χ3n) is 3.46. The Morgan fingerprint density at radius 1 is 1.30 bits per heavy atom. The van der Waals surface area contributed by atoms with Crippen molar-refractivity contribution in [1.29, 1.82) is 0 Å². The number of hydrogen-bond acceptors (Lipinski definition) is 3. The number of fused-ring (bicyclic) bond motifs is 1. The molecule has 0 spiro atoms. The molecule has 0 atom stereocenters. The van der Waals surface area contributed by atoms with Crippen LogP contribution in [0.1, 0.15) is 18.4 Å². The zero-order chi connectivity index (χ0) is 14.1. The molecule has 0 saturated carbocycles. The zero-order valence-electron chi connectivity index (χ0n) is 10.9. The first kappa shape index (κ1) is 13.4. The van der Waals surface area contributed by atoms with Crippen LogP contribution in [0.15, 0.2) is 24.3 Å². The minimum atomic E-state index is 0.260. The first-order valence-corrected chi connectivity index (χ1v) is 7.37. The van der Waals surface area contributed by atoms with E-state index in [4.69, 9.17) is 29.6 Å². The molecule has 0 radical (unpaired) electrons. The van der Waals surface area contributed by atoms with Crippen LogP contribution >= 0.6 is 23.8 Å². The molecule has 2 aromatic rings. The Morgan fingerprint density at radius 3 is 2.75 bits per heavy atom. The Morgan fingerprint density at radius 2 is 2.05 bits per heavy atom. The van der Waals surface area contributed by atoms with Crippen molar-refractivity contribution in [2.45, 2.75) is 19.3 Å². The lowest BCUT2D eigenvalue weighted by molar-refractivity contribution is 0.782. The molecule has 4 nitrogen and oxygen atoms in total. The van der Waals surface area contributed by atoms with E-state index in [1.165, 1.54) is 5.56 Å². The van der Waals surface area contributed by atoms with Gasteiger partial charge in [0.25, 0.3) is 0 Å². The molecule has 0 bridgehead atoms. The number of hydrogen-bond donors (Lipinski definition) is 2. The van der Waals surface area contributed by atoms with Gasteiger partial charge in [-0.05, 0) is 43.6 Å². The van der Waals surface area contributed by atoms with Gasteiger partial charge in [0.15, 0.2) is 5.11 Å². The van der Waals surface area contributed by atoms with Crippen LogP contribution < -0.4 is 11.1 Å². The number of rotatable bonds is 1. The maximum absolute atomic E-state index is 5.95. The molecule has 0 amide bonds. The van der Waals surface area contributed by atoms with E-state index in [2.05, 4.69) is 10.4 Å². The fourth-order valence-electron chi connectivity index (χ4n) is 2.50. The molecule has 0 aliphatic carbocycles. The number of aromatic nitrogens is 2. The number of anilines is 1. The van der Waals surface area contributed by atoms with Crippen LogP contribution in [-0.2, 0) is 6.42 Å². The summed E-state index contributed by atoms with van der Waals surface area (Å²) in [5.41, 5.74) is 8.91. The number of nitrogens with two attached hydrogens (primary N) is 1. The normalized spacial score (nSPS) is 14.2. The fraction of sp³-hybridized carbons (Fsp3) is 0.286. The summed E-state index contributed by atoms with van der Waals surface area (Å²) in [5.74, 6) is 0.931. The molecule has 0 saturated heterocycles. The van der Waals surface area contributed by atoms with Gasteiger partial charge in [-0.25, -0.2) is 0 Å². The smallest absolute Gasteiger partial charge is 0.193 e. The van der Waals surface area contributed by atoms with E-state index in [9.17, 15) is 0 Å². The summed E-state index contributed by atoms with van der Waals surface area (Å²) in [6, 6.07) is 7.68. The van der Waals surface area contributed by atoms with Crippen molar-refractivity contribution in [3.63, 3.8) is 0 Å². The highest BCUT2D eigenvalue weighted by Gasteiger charge is 2.21. The van der Waals surface area contributed by atoms with E-state index in [1.54, 1.807) is 4.68 Å². The molecular weight excluding hydrogens is 292 g/mol. The molecule has 6 heteroatoms. The van der Waals surface area contributed by atoms with Gasteiger partial charge in [-0.15, -0.1) is 0 Å². The van der Waals surface area contributed by atoms with E-state index in [0.29, 0.717) is 5.02 Å².